The molecule has 0 radical (unpaired) electrons. The predicted octanol–water partition coefficient (Wildman–Crippen LogP) is 6.99. The fourth-order valence-corrected chi connectivity index (χ4v) is 3.59. The van der Waals surface area contributed by atoms with Gasteiger partial charge in [-0.05, 0) is 73.9 Å². The third-order valence-corrected chi connectivity index (χ3v) is 5.36. The Morgan fingerprint density at radius 2 is 1.16 bits per heavy atom. The molecule has 0 saturated heterocycles. The number of hydrogen-bond donors (Lipinski definition) is 3. The number of aromatic hydroxyl groups is 3. The van der Waals surface area contributed by atoms with Crippen molar-refractivity contribution in [3.8, 4) is 28.7 Å². The van der Waals surface area contributed by atoms with E-state index in [-0.39, 0.29) is 17.2 Å². The molecule has 5 heteroatoms. The first kappa shape index (κ1) is 21.1. The predicted molar refractivity (Wildman–Crippen MR) is 127 cm³/mol. The molecule has 4 aromatic carbocycles. The Hall–Kier alpha value is -4.12. The lowest BCUT2D eigenvalue weighted by Crippen LogP contribution is -2.12. The van der Waals surface area contributed by atoms with E-state index in [1.807, 2.05) is 63.2 Å². The van der Waals surface area contributed by atoms with Gasteiger partial charge in [0.05, 0.1) is 17.1 Å². The summed E-state index contributed by atoms with van der Waals surface area (Å²) in [5, 5.41) is 32.1. The maximum atomic E-state index is 10.9. The van der Waals surface area contributed by atoms with Crippen molar-refractivity contribution in [1.29, 1.82) is 0 Å². The van der Waals surface area contributed by atoms with Gasteiger partial charge in [0.15, 0.2) is 17.2 Å². The maximum absolute atomic E-state index is 10.9. The summed E-state index contributed by atoms with van der Waals surface area (Å²) < 4.78 is 6.13. The normalized spacial score (nSPS) is 10.7. The third kappa shape index (κ3) is 3.93. The van der Waals surface area contributed by atoms with E-state index in [0.29, 0.717) is 39.7 Å². The zero-order valence-corrected chi connectivity index (χ0v) is 18.2. The van der Waals surface area contributed by atoms with Gasteiger partial charge < -0.3 is 20.1 Å². The van der Waals surface area contributed by atoms with Gasteiger partial charge in [-0.2, -0.15) is 0 Å². The van der Waals surface area contributed by atoms with Gasteiger partial charge in [-0.3, -0.25) is 4.90 Å². The molecule has 3 N–H and O–H groups in total. The molecule has 32 heavy (non-hydrogen) atoms. The molecule has 0 amide bonds. The Bertz CT molecular complexity index is 1230. The first-order chi connectivity index (χ1) is 15.4. The number of anilines is 3. The van der Waals surface area contributed by atoms with E-state index in [1.54, 1.807) is 41.3 Å². The average molecular weight is 428 g/mol. The summed E-state index contributed by atoms with van der Waals surface area (Å²) in [6.45, 7) is 5.56. The molecule has 0 fully saturated rings. The molecule has 0 aliphatic heterocycles. The number of aryl methyl sites for hydroxylation is 3. The highest BCUT2D eigenvalue weighted by Gasteiger charge is 2.23. The quantitative estimate of drug-likeness (QED) is 0.320. The van der Waals surface area contributed by atoms with Crippen molar-refractivity contribution >= 4 is 17.1 Å². The molecule has 0 atom stereocenters. The van der Waals surface area contributed by atoms with Gasteiger partial charge in [0.2, 0.25) is 0 Å². The van der Waals surface area contributed by atoms with Crippen molar-refractivity contribution in [1.82, 2.24) is 0 Å². The minimum absolute atomic E-state index is 0.0220. The topological polar surface area (TPSA) is 73.2 Å². The highest BCUT2D eigenvalue weighted by Crippen LogP contribution is 2.49. The number of phenolic OH excluding ortho intramolecular Hbond substituents is 3. The van der Waals surface area contributed by atoms with E-state index in [0.717, 1.165) is 5.56 Å². The molecule has 0 saturated carbocycles. The van der Waals surface area contributed by atoms with E-state index in [1.165, 1.54) is 0 Å². The summed E-state index contributed by atoms with van der Waals surface area (Å²) in [5.41, 5.74) is 3.93. The van der Waals surface area contributed by atoms with E-state index >= 15 is 0 Å². The zero-order valence-electron chi connectivity index (χ0n) is 18.2. The van der Waals surface area contributed by atoms with Crippen LogP contribution in [-0.2, 0) is 0 Å². The lowest BCUT2D eigenvalue weighted by molar-refractivity contribution is 0.411. The minimum Gasteiger partial charge on any atom is -0.505 e. The van der Waals surface area contributed by atoms with Crippen LogP contribution in [0, 0.1) is 20.8 Å². The molecule has 0 aromatic heterocycles. The van der Waals surface area contributed by atoms with E-state index in [9.17, 15) is 15.3 Å². The summed E-state index contributed by atoms with van der Waals surface area (Å²) in [6.07, 6.45) is 0. The van der Waals surface area contributed by atoms with Gasteiger partial charge in [-0.1, -0.05) is 42.5 Å². The van der Waals surface area contributed by atoms with E-state index < -0.39 is 0 Å². The van der Waals surface area contributed by atoms with Crippen LogP contribution >= 0.6 is 0 Å². The molecule has 0 bridgehead atoms. The summed E-state index contributed by atoms with van der Waals surface area (Å²) in [7, 11) is 0. The Morgan fingerprint density at radius 1 is 0.594 bits per heavy atom. The molecule has 0 aliphatic rings. The van der Waals surface area contributed by atoms with Gasteiger partial charge in [0.1, 0.15) is 11.5 Å². The Balaban J connectivity index is 1.94. The summed E-state index contributed by atoms with van der Waals surface area (Å²) >= 11 is 0. The van der Waals surface area contributed by atoms with E-state index in [2.05, 4.69) is 0 Å². The summed E-state index contributed by atoms with van der Waals surface area (Å²) in [6, 6.07) is 23.3. The second kappa shape index (κ2) is 8.55. The SMILES string of the molecule is Cc1ccc(O)c(Oc2ccccc2N(c2cccc(C)c2O)c2cccc(C)c2O)c1. The molecule has 0 aliphatic carbocycles. The van der Waals surface area contributed by atoms with Crippen LogP contribution in [0.4, 0.5) is 17.1 Å². The van der Waals surface area contributed by atoms with E-state index in [4.69, 9.17) is 4.74 Å². The van der Waals surface area contributed by atoms with Crippen molar-refractivity contribution in [3.05, 3.63) is 95.6 Å². The maximum Gasteiger partial charge on any atom is 0.169 e. The Labute approximate surface area is 187 Å². The molecule has 5 nitrogen and oxygen atoms in total. The Kier molecular flexibility index (Phi) is 5.65. The highest BCUT2D eigenvalue weighted by molar-refractivity contribution is 5.86. The van der Waals surface area contributed by atoms with Crippen LogP contribution in [0.25, 0.3) is 0 Å². The summed E-state index contributed by atoms with van der Waals surface area (Å²) in [5.74, 6) is 0.992. The van der Waals surface area contributed by atoms with Gasteiger partial charge in [-0.25, -0.2) is 0 Å². The third-order valence-electron chi connectivity index (χ3n) is 5.36. The van der Waals surface area contributed by atoms with Crippen LogP contribution in [0.2, 0.25) is 0 Å². The van der Waals surface area contributed by atoms with Gasteiger partial charge in [-0.15, -0.1) is 0 Å². The van der Waals surface area contributed by atoms with Crippen molar-refractivity contribution in [2.75, 3.05) is 4.90 Å². The fraction of sp³-hybridized carbons (Fsp3) is 0.111. The van der Waals surface area contributed by atoms with Gasteiger partial charge >= 0.3 is 0 Å². The lowest BCUT2D eigenvalue weighted by Gasteiger charge is -2.29. The van der Waals surface area contributed by atoms with Crippen molar-refractivity contribution in [2.45, 2.75) is 20.8 Å². The van der Waals surface area contributed by atoms with Crippen LogP contribution in [0.3, 0.4) is 0 Å². The number of hydrogen-bond acceptors (Lipinski definition) is 5. The largest absolute Gasteiger partial charge is 0.505 e. The molecule has 4 rings (SSSR count). The number of rotatable bonds is 5. The number of nitrogens with zero attached hydrogens (tertiary/aromatic N) is 1. The second-order valence-electron chi connectivity index (χ2n) is 7.76. The van der Waals surface area contributed by atoms with Gasteiger partial charge in [0, 0.05) is 0 Å². The molecule has 0 unspecified atom stereocenters. The average Bonchev–Trinajstić information content (AvgIpc) is 2.78. The molecule has 0 spiro atoms. The van der Waals surface area contributed by atoms with Crippen molar-refractivity contribution in [2.24, 2.45) is 0 Å². The molecule has 162 valence electrons. The van der Waals surface area contributed by atoms with Gasteiger partial charge in [0.25, 0.3) is 0 Å². The Morgan fingerprint density at radius 3 is 1.78 bits per heavy atom. The van der Waals surface area contributed by atoms with Crippen molar-refractivity contribution < 1.29 is 20.1 Å². The number of benzene rings is 4. The number of para-hydroxylation sites is 4. The lowest BCUT2D eigenvalue weighted by atomic mass is 10.1. The van der Waals surface area contributed by atoms with Crippen LogP contribution in [0.15, 0.2) is 78.9 Å². The second-order valence-corrected chi connectivity index (χ2v) is 7.76. The monoisotopic (exact) mass is 427 g/mol. The molecule has 0 heterocycles. The van der Waals surface area contributed by atoms with Crippen LogP contribution in [0.1, 0.15) is 16.7 Å². The van der Waals surface area contributed by atoms with Crippen LogP contribution in [-0.4, -0.2) is 15.3 Å². The first-order valence-electron chi connectivity index (χ1n) is 10.3. The van der Waals surface area contributed by atoms with Crippen LogP contribution in [0.5, 0.6) is 28.7 Å². The minimum atomic E-state index is 0.0220. The fourth-order valence-electron chi connectivity index (χ4n) is 3.59. The zero-order chi connectivity index (χ0) is 22.8. The molecular weight excluding hydrogens is 402 g/mol. The van der Waals surface area contributed by atoms with Crippen LogP contribution < -0.4 is 9.64 Å². The smallest absolute Gasteiger partial charge is 0.169 e. The van der Waals surface area contributed by atoms with Crippen molar-refractivity contribution in [3.63, 3.8) is 0 Å². The molecule has 4 aromatic rings. The summed E-state index contributed by atoms with van der Waals surface area (Å²) in [4.78, 5) is 1.76. The number of ether oxygens (including phenoxy) is 1. The highest BCUT2D eigenvalue weighted by atomic mass is 16.5. The molecular formula is C27H25NO4. The first-order valence-corrected chi connectivity index (χ1v) is 10.3. The standard InChI is InChI=1S/C27H25NO4/c1-17-14-15-23(29)25(16-17)32-24-13-5-4-10-20(24)28(21-11-6-8-18(2)26(21)30)22-12-7-9-19(3)27(22)31/h4-16,29-31H,1-3H3. The number of phenols is 3.